The van der Waals surface area contributed by atoms with Crippen LogP contribution in [0.1, 0.15) is 17.5 Å². The van der Waals surface area contributed by atoms with Crippen molar-refractivity contribution in [3.63, 3.8) is 0 Å². The van der Waals surface area contributed by atoms with E-state index in [1.807, 2.05) is 43.3 Å². The highest BCUT2D eigenvalue weighted by Gasteiger charge is 2.11. The van der Waals surface area contributed by atoms with E-state index >= 15 is 0 Å². The average molecular weight is 326 g/mol. The van der Waals surface area contributed by atoms with Gasteiger partial charge in [-0.1, -0.05) is 6.07 Å². The van der Waals surface area contributed by atoms with Crippen molar-refractivity contribution in [3.05, 3.63) is 47.5 Å². The van der Waals surface area contributed by atoms with E-state index in [-0.39, 0.29) is 5.91 Å². The third kappa shape index (κ3) is 3.98. The molecule has 1 aliphatic heterocycles. The van der Waals surface area contributed by atoms with Gasteiger partial charge in [-0.15, -0.1) is 0 Å². The Morgan fingerprint density at radius 1 is 0.958 bits per heavy atom. The Kier molecular flexibility index (Phi) is 4.89. The van der Waals surface area contributed by atoms with E-state index in [0.717, 1.165) is 22.9 Å². The van der Waals surface area contributed by atoms with Crippen molar-refractivity contribution in [1.29, 1.82) is 0 Å². The van der Waals surface area contributed by atoms with Crippen LogP contribution in [0.3, 0.4) is 0 Å². The van der Waals surface area contributed by atoms with Crippen LogP contribution in [0.2, 0.25) is 0 Å². The van der Waals surface area contributed by atoms with Gasteiger partial charge in [-0.25, -0.2) is 0 Å². The van der Waals surface area contributed by atoms with Crippen molar-refractivity contribution in [2.45, 2.75) is 20.3 Å². The lowest BCUT2D eigenvalue weighted by molar-refractivity contribution is -0.115. The van der Waals surface area contributed by atoms with Crippen LogP contribution in [0.25, 0.3) is 0 Å². The van der Waals surface area contributed by atoms with Gasteiger partial charge >= 0.3 is 0 Å². The summed E-state index contributed by atoms with van der Waals surface area (Å²) in [4.78, 5) is 12.0. The van der Waals surface area contributed by atoms with Crippen LogP contribution in [0.5, 0.6) is 11.5 Å². The van der Waals surface area contributed by atoms with Gasteiger partial charge in [0.05, 0.1) is 0 Å². The van der Waals surface area contributed by atoms with E-state index in [0.29, 0.717) is 26.2 Å². The zero-order valence-electron chi connectivity index (χ0n) is 14.0. The molecule has 2 aromatic carbocycles. The molecule has 0 aromatic heterocycles. The van der Waals surface area contributed by atoms with Gasteiger partial charge in [0, 0.05) is 30.4 Å². The van der Waals surface area contributed by atoms with Gasteiger partial charge in [-0.05, 0) is 49.2 Å². The smallest absolute Gasteiger partial charge is 0.226 e. The molecule has 0 saturated carbocycles. The number of amides is 1. The fraction of sp³-hybridized carbons (Fsp3) is 0.316. The molecule has 0 spiro atoms. The van der Waals surface area contributed by atoms with Crippen LogP contribution >= 0.6 is 0 Å². The summed E-state index contributed by atoms with van der Waals surface area (Å²) in [6.45, 7) is 5.79. The monoisotopic (exact) mass is 326 g/mol. The summed E-state index contributed by atoms with van der Waals surface area (Å²) in [6, 6.07) is 11.6. The molecule has 5 heteroatoms. The van der Waals surface area contributed by atoms with Crippen LogP contribution < -0.4 is 20.1 Å². The summed E-state index contributed by atoms with van der Waals surface area (Å²) in [7, 11) is 0. The van der Waals surface area contributed by atoms with Crippen LogP contribution in [0.15, 0.2) is 36.4 Å². The highest BCUT2D eigenvalue weighted by molar-refractivity contribution is 5.91. The standard InChI is InChI=1S/C19H22N2O3/c1-13-3-4-16(11-14(13)2)21-19(22)7-8-20-15-5-6-17-18(12-15)24-10-9-23-17/h3-6,11-12,20H,7-10H2,1-2H3,(H,21,22). The Morgan fingerprint density at radius 2 is 1.71 bits per heavy atom. The minimum Gasteiger partial charge on any atom is -0.486 e. The van der Waals surface area contributed by atoms with E-state index in [4.69, 9.17) is 9.47 Å². The highest BCUT2D eigenvalue weighted by Crippen LogP contribution is 2.32. The Labute approximate surface area is 142 Å². The summed E-state index contributed by atoms with van der Waals surface area (Å²) in [5.41, 5.74) is 4.14. The first-order valence-electron chi connectivity index (χ1n) is 8.12. The van der Waals surface area contributed by atoms with Gasteiger partial charge in [0.1, 0.15) is 13.2 Å². The molecule has 24 heavy (non-hydrogen) atoms. The molecule has 3 rings (SSSR count). The molecule has 2 aromatic rings. The maximum atomic E-state index is 12.0. The third-order valence-electron chi connectivity index (χ3n) is 4.01. The molecule has 0 atom stereocenters. The van der Waals surface area contributed by atoms with Gasteiger partial charge in [0.25, 0.3) is 0 Å². The second-order valence-corrected chi connectivity index (χ2v) is 5.88. The highest BCUT2D eigenvalue weighted by atomic mass is 16.6. The van der Waals surface area contributed by atoms with Crippen molar-refractivity contribution < 1.29 is 14.3 Å². The lowest BCUT2D eigenvalue weighted by Crippen LogP contribution is -2.17. The predicted octanol–water partition coefficient (Wildman–Crippen LogP) is 3.52. The number of carbonyl (C=O) groups excluding carboxylic acids is 1. The number of aryl methyl sites for hydroxylation is 2. The van der Waals surface area contributed by atoms with Crippen molar-refractivity contribution in [2.24, 2.45) is 0 Å². The van der Waals surface area contributed by atoms with Crippen LogP contribution in [0, 0.1) is 13.8 Å². The number of anilines is 2. The molecule has 126 valence electrons. The van der Waals surface area contributed by atoms with E-state index < -0.39 is 0 Å². The molecular formula is C19H22N2O3. The van der Waals surface area contributed by atoms with Crippen LogP contribution in [0.4, 0.5) is 11.4 Å². The largest absolute Gasteiger partial charge is 0.486 e. The molecule has 1 aliphatic rings. The fourth-order valence-corrected chi connectivity index (χ4v) is 2.52. The zero-order chi connectivity index (χ0) is 16.9. The van der Waals surface area contributed by atoms with Gasteiger partial charge in [0.2, 0.25) is 5.91 Å². The Morgan fingerprint density at radius 3 is 2.50 bits per heavy atom. The van der Waals surface area contributed by atoms with Crippen molar-refractivity contribution in [1.82, 2.24) is 0 Å². The molecule has 1 heterocycles. The first-order chi connectivity index (χ1) is 11.6. The molecule has 0 bridgehead atoms. The van der Waals surface area contributed by atoms with Gasteiger partial charge in [-0.3, -0.25) is 4.79 Å². The minimum atomic E-state index is -0.0108. The Balaban J connectivity index is 1.49. The molecule has 0 unspecified atom stereocenters. The van der Waals surface area contributed by atoms with Gasteiger partial charge in [-0.2, -0.15) is 0 Å². The number of nitrogens with one attached hydrogen (secondary N) is 2. The van der Waals surface area contributed by atoms with Crippen molar-refractivity contribution >= 4 is 17.3 Å². The number of carbonyl (C=O) groups is 1. The van der Waals surface area contributed by atoms with Gasteiger partial charge < -0.3 is 20.1 Å². The lowest BCUT2D eigenvalue weighted by Gasteiger charge is -2.19. The predicted molar refractivity (Wildman–Crippen MR) is 95.1 cm³/mol. The summed E-state index contributed by atoms with van der Waals surface area (Å²) in [5.74, 6) is 1.49. The first-order valence-corrected chi connectivity index (χ1v) is 8.12. The van der Waals surface area contributed by atoms with E-state index in [1.165, 1.54) is 11.1 Å². The Hall–Kier alpha value is -2.69. The zero-order valence-corrected chi connectivity index (χ0v) is 14.0. The Bertz CT molecular complexity index is 743. The first kappa shape index (κ1) is 16.2. The summed E-state index contributed by atoms with van der Waals surface area (Å²) in [6.07, 6.45) is 0.390. The fourth-order valence-electron chi connectivity index (χ4n) is 2.52. The van der Waals surface area contributed by atoms with Crippen LogP contribution in [-0.4, -0.2) is 25.7 Å². The molecule has 2 N–H and O–H groups in total. The summed E-state index contributed by atoms with van der Waals surface area (Å²) in [5, 5.41) is 6.16. The maximum absolute atomic E-state index is 12.0. The number of benzene rings is 2. The lowest BCUT2D eigenvalue weighted by atomic mass is 10.1. The van der Waals surface area contributed by atoms with E-state index in [1.54, 1.807) is 0 Å². The number of hydrogen-bond donors (Lipinski definition) is 2. The normalized spacial score (nSPS) is 12.6. The van der Waals surface area contributed by atoms with Crippen molar-refractivity contribution in [2.75, 3.05) is 30.4 Å². The van der Waals surface area contributed by atoms with E-state index in [9.17, 15) is 4.79 Å². The topological polar surface area (TPSA) is 59.6 Å². The second-order valence-electron chi connectivity index (χ2n) is 5.88. The van der Waals surface area contributed by atoms with Gasteiger partial charge in [0.15, 0.2) is 11.5 Å². The van der Waals surface area contributed by atoms with Crippen LogP contribution in [-0.2, 0) is 4.79 Å². The number of ether oxygens (including phenoxy) is 2. The SMILES string of the molecule is Cc1ccc(NC(=O)CCNc2ccc3c(c2)OCCO3)cc1C. The number of fused-ring (bicyclic) bond motifs is 1. The molecular weight excluding hydrogens is 304 g/mol. The number of rotatable bonds is 5. The second kappa shape index (κ2) is 7.25. The molecule has 5 nitrogen and oxygen atoms in total. The van der Waals surface area contributed by atoms with Crippen molar-refractivity contribution in [3.8, 4) is 11.5 Å². The molecule has 1 amide bonds. The summed E-state index contributed by atoms with van der Waals surface area (Å²) >= 11 is 0. The molecule has 0 fully saturated rings. The quantitative estimate of drug-likeness (QED) is 0.883. The molecule has 0 radical (unpaired) electrons. The minimum absolute atomic E-state index is 0.0108. The summed E-state index contributed by atoms with van der Waals surface area (Å²) < 4.78 is 11.0. The third-order valence-corrected chi connectivity index (χ3v) is 4.01. The number of hydrogen-bond acceptors (Lipinski definition) is 4. The average Bonchev–Trinajstić information content (AvgIpc) is 2.58. The maximum Gasteiger partial charge on any atom is 0.226 e. The molecule has 0 aliphatic carbocycles. The van der Waals surface area contributed by atoms with E-state index in [2.05, 4.69) is 17.6 Å². The molecule has 0 saturated heterocycles.